The van der Waals surface area contributed by atoms with Gasteiger partial charge in [-0.15, -0.1) is 0 Å². The summed E-state index contributed by atoms with van der Waals surface area (Å²) in [6.07, 6.45) is 1.72. The van der Waals surface area contributed by atoms with Gasteiger partial charge in [-0.3, -0.25) is 0 Å². The van der Waals surface area contributed by atoms with Crippen LogP contribution in [0.5, 0.6) is 0 Å². The number of aryl methyl sites for hydroxylation is 1. The predicted octanol–water partition coefficient (Wildman–Crippen LogP) is 4.28. The highest BCUT2D eigenvalue weighted by Gasteiger charge is 1.98. The smallest absolute Gasteiger partial charge is 0.0857 e. The monoisotopic (exact) mass is 253 g/mol. The fourth-order valence-electron chi connectivity index (χ4n) is 1.04. The van der Waals surface area contributed by atoms with E-state index in [1.165, 1.54) is 0 Å². The third-order valence-corrected chi connectivity index (χ3v) is 1.92. The Balaban J connectivity index is 0.000000581. The summed E-state index contributed by atoms with van der Waals surface area (Å²) in [5.41, 5.74) is 1.81. The molecule has 0 atom stereocenters. The van der Waals surface area contributed by atoms with Gasteiger partial charge in [0.15, 0.2) is 0 Å². The minimum atomic E-state index is 0.715. The molecule has 3 nitrogen and oxygen atoms in total. The van der Waals surface area contributed by atoms with Crippen LogP contribution in [0.4, 0.5) is 0 Å². The van der Waals surface area contributed by atoms with E-state index in [0.29, 0.717) is 5.02 Å². The van der Waals surface area contributed by atoms with Crippen molar-refractivity contribution >= 4 is 11.6 Å². The second-order valence-electron chi connectivity index (χ2n) is 2.75. The number of halogens is 1. The first-order valence-electron chi connectivity index (χ1n) is 5.90. The fraction of sp³-hybridized carbons (Fsp3) is 0.385. The van der Waals surface area contributed by atoms with Crippen molar-refractivity contribution in [2.24, 2.45) is 0 Å². The van der Waals surface area contributed by atoms with Crippen molar-refractivity contribution < 1.29 is 0 Å². The molecule has 2 rings (SSSR count). The van der Waals surface area contributed by atoms with Gasteiger partial charge >= 0.3 is 0 Å². The van der Waals surface area contributed by atoms with Crippen molar-refractivity contribution in [1.82, 2.24) is 15.0 Å². The first kappa shape index (κ1) is 15.7. The largest absolute Gasteiger partial charge is 0.157 e. The molecular weight excluding hydrogens is 234 g/mol. The van der Waals surface area contributed by atoms with Gasteiger partial charge in [0.25, 0.3) is 0 Å². The van der Waals surface area contributed by atoms with E-state index in [0.717, 1.165) is 11.4 Å². The number of hydrogen-bond acceptors (Lipinski definition) is 2. The minimum absolute atomic E-state index is 0.715. The van der Waals surface area contributed by atoms with Crippen molar-refractivity contribution in [2.75, 3.05) is 0 Å². The highest BCUT2D eigenvalue weighted by atomic mass is 35.5. The fourth-order valence-corrected chi connectivity index (χ4v) is 1.16. The topological polar surface area (TPSA) is 30.7 Å². The number of nitrogens with zero attached hydrogens (tertiary/aromatic N) is 3. The van der Waals surface area contributed by atoms with Gasteiger partial charge < -0.3 is 0 Å². The lowest BCUT2D eigenvalue weighted by Gasteiger charge is -1.97. The Bertz CT molecular complexity index is 407. The molecule has 0 aliphatic carbocycles. The van der Waals surface area contributed by atoms with Gasteiger partial charge in [-0.05, 0) is 31.2 Å². The summed E-state index contributed by atoms with van der Waals surface area (Å²) >= 11 is 5.75. The minimum Gasteiger partial charge on any atom is -0.157 e. The molecule has 0 bridgehead atoms. The highest BCUT2D eigenvalue weighted by molar-refractivity contribution is 6.30. The van der Waals surface area contributed by atoms with Gasteiger partial charge in [0.05, 0.1) is 17.6 Å². The van der Waals surface area contributed by atoms with Crippen LogP contribution in [-0.2, 0) is 0 Å². The Morgan fingerprint density at radius 2 is 1.53 bits per heavy atom. The van der Waals surface area contributed by atoms with Crippen molar-refractivity contribution in [3.63, 3.8) is 0 Å². The van der Waals surface area contributed by atoms with Crippen LogP contribution in [0.15, 0.2) is 30.5 Å². The Hall–Kier alpha value is -1.35. The van der Waals surface area contributed by atoms with Gasteiger partial charge in [-0.2, -0.15) is 15.0 Å². The first-order valence-corrected chi connectivity index (χ1v) is 6.28. The maximum absolute atomic E-state index is 5.75. The molecule has 4 heteroatoms. The van der Waals surface area contributed by atoms with Gasteiger partial charge in [-0.1, -0.05) is 39.3 Å². The number of benzene rings is 1. The average molecular weight is 254 g/mol. The van der Waals surface area contributed by atoms with Gasteiger partial charge in [-0.25, -0.2) is 0 Å². The zero-order valence-electron chi connectivity index (χ0n) is 11.1. The molecule has 1 heterocycles. The molecule has 0 saturated carbocycles. The van der Waals surface area contributed by atoms with E-state index < -0.39 is 0 Å². The van der Waals surface area contributed by atoms with Crippen LogP contribution in [0.1, 0.15) is 33.4 Å². The Morgan fingerprint density at radius 1 is 1.00 bits per heavy atom. The number of hydrogen-bond donors (Lipinski definition) is 0. The average Bonchev–Trinajstić information content (AvgIpc) is 2.82. The molecule has 0 spiro atoms. The molecule has 0 N–H and O–H groups in total. The Labute approximate surface area is 108 Å². The third-order valence-electron chi connectivity index (χ3n) is 1.66. The van der Waals surface area contributed by atoms with Crippen LogP contribution in [0.2, 0.25) is 5.02 Å². The van der Waals surface area contributed by atoms with E-state index in [-0.39, 0.29) is 0 Å². The van der Waals surface area contributed by atoms with Crippen LogP contribution >= 0.6 is 11.6 Å². The zero-order valence-corrected chi connectivity index (χ0v) is 11.9. The van der Waals surface area contributed by atoms with Crippen LogP contribution in [0.3, 0.4) is 0 Å². The number of aromatic nitrogens is 3. The molecule has 2 aromatic rings. The third kappa shape index (κ3) is 5.00. The number of rotatable bonds is 1. The lowest BCUT2D eigenvalue weighted by Crippen LogP contribution is -1.97. The van der Waals surface area contributed by atoms with E-state index >= 15 is 0 Å². The maximum atomic E-state index is 5.75. The van der Waals surface area contributed by atoms with Crippen molar-refractivity contribution in [3.8, 4) is 5.69 Å². The summed E-state index contributed by atoms with van der Waals surface area (Å²) in [7, 11) is 0. The summed E-state index contributed by atoms with van der Waals surface area (Å²) in [6, 6.07) is 7.38. The summed E-state index contributed by atoms with van der Waals surface area (Å²) in [5.74, 6) is 0. The van der Waals surface area contributed by atoms with Crippen LogP contribution < -0.4 is 0 Å². The normalized spacial score (nSPS) is 8.59. The standard InChI is InChI=1S/C9H8ClN3.2C2H6/c1-7-6-11-13(12-7)9-4-2-8(10)3-5-9;2*1-2/h2-6H,1H3;2*1-2H3. The molecule has 17 heavy (non-hydrogen) atoms. The molecule has 0 radical (unpaired) electrons. The molecule has 1 aromatic carbocycles. The molecule has 1 aromatic heterocycles. The highest BCUT2D eigenvalue weighted by Crippen LogP contribution is 2.11. The molecular formula is C13H20ClN3. The van der Waals surface area contributed by atoms with Crippen LogP contribution in [-0.4, -0.2) is 15.0 Å². The molecule has 94 valence electrons. The molecule has 0 amide bonds. The SMILES string of the molecule is CC.CC.Cc1cnn(-c2ccc(Cl)cc2)n1. The lowest BCUT2D eigenvalue weighted by atomic mass is 10.3. The lowest BCUT2D eigenvalue weighted by molar-refractivity contribution is 0.746. The molecule has 0 aliphatic heterocycles. The van der Waals surface area contributed by atoms with Gasteiger partial charge in [0.2, 0.25) is 0 Å². The van der Waals surface area contributed by atoms with E-state index in [2.05, 4.69) is 10.2 Å². The van der Waals surface area contributed by atoms with Crippen molar-refractivity contribution in [1.29, 1.82) is 0 Å². The first-order chi connectivity index (χ1) is 8.25. The Morgan fingerprint density at radius 3 is 1.94 bits per heavy atom. The van der Waals surface area contributed by atoms with E-state index in [1.54, 1.807) is 11.0 Å². The van der Waals surface area contributed by atoms with Crippen molar-refractivity contribution in [2.45, 2.75) is 34.6 Å². The van der Waals surface area contributed by atoms with E-state index in [1.807, 2.05) is 58.9 Å². The van der Waals surface area contributed by atoms with E-state index in [9.17, 15) is 0 Å². The predicted molar refractivity (Wildman–Crippen MR) is 73.8 cm³/mol. The second-order valence-corrected chi connectivity index (χ2v) is 3.19. The molecule has 0 fully saturated rings. The van der Waals surface area contributed by atoms with Crippen LogP contribution in [0.25, 0.3) is 5.69 Å². The summed E-state index contributed by atoms with van der Waals surface area (Å²) in [6.45, 7) is 9.90. The molecule has 0 saturated heterocycles. The zero-order chi connectivity index (χ0) is 13.3. The summed E-state index contributed by atoms with van der Waals surface area (Å²) < 4.78 is 0. The summed E-state index contributed by atoms with van der Waals surface area (Å²) in [4.78, 5) is 1.58. The van der Waals surface area contributed by atoms with Gasteiger partial charge in [0.1, 0.15) is 0 Å². The Kier molecular flexibility index (Phi) is 8.07. The van der Waals surface area contributed by atoms with Gasteiger partial charge in [0, 0.05) is 5.02 Å². The maximum Gasteiger partial charge on any atom is 0.0857 e. The van der Waals surface area contributed by atoms with Crippen molar-refractivity contribution in [3.05, 3.63) is 41.2 Å². The summed E-state index contributed by atoms with van der Waals surface area (Å²) in [5, 5.41) is 8.97. The quantitative estimate of drug-likeness (QED) is 0.759. The van der Waals surface area contributed by atoms with Crippen LogP contribution in [0, 0.1) is 6.92 Å². The molecule has 0 unspecified atom stereocenters. The second kappa shape index (κ2) is 8.76. The van der Waals surface area contributed by atoms with E-state index in [4.69, 9.17) is 11.6 Å². The molecule has 0 aliphatic rings.